The number of amides is 2. The molecule has 0 saturated heterocycles. The fourth-order valence-corrected chi connectivity index (χ4v) is 3.87. The molecule has 1 aliphatic heterocycles. The predicted molar refractivity (Wildman–Crippen MR) is 81.7 cm³/mol. The smallest absolute Gasteiger partial charge is 0.261 e. The third kappa shape index (κ3) is 3.15. The molecule has 1 aromatic carbocycles. The third-order valence-electron chi connectivity index (χ3n) is 2.78. The Morgan fingerprint density at radius 1 is 1.16 bits per heavy atom. The minimum Gasteiger partial charge on any atom is -0.273 e. The Morgan fingerprint density at radius 2 is 1.84 bits per heavy atom. The summed E-state index contributed by atoms with van der Waals surface area (Å²) < 4.78 is 0. The summed E-state index contributed by atoms with van der Waals surface area (Å²) in [6.45, 7) is 6.66. The van der Waals surface area contributed by atoms with Crippen LogP contribution in [0.3, 0.4) is 0 Å². The largest absolute Gasteiger partial charge is 0.273 e. The van der Waals surface area contributed by atoms with Crippen LogP contribution < -0.4 is 0 Å². The minimum absolute atomic E-state index is 0.154. The fourth-order valence-electron chi connectivity index (χ4n) is 1.92. The normalized spacial score (nSPS) is 14.4. The maximum atomic E-state index is 12.2. The molecule has 0 fully saturated rings. The van der Waals surface area contributed by atoms with Crippen LogP contribution in [0.5, 0.6) is 0 Å². The number of aryl methyl sites for hydroxylation is 1. The van der Waals surface area contributed by atoms with Gasteiger partial charge in [-0.3, -0.25) is 14.5 Å². The topological polar surface area (TPSA) is 37.4 Å². The molecular weight excluding hydrogens is 278 g/mol. The van der Waals surface area contributed by atoms with Gasteiger partial charge >= 0.3 is 0 Å². The summed E-state index contributed by atoms with van der Waals surface area (Å²) in [5, 5.41) is 0.551. The summed E-state index contributed by atoms with van der Waals surface area (Å²) in [7, 11) is 3.48. The lowest BCUT2D eigenvalue weighted by Gasteiger charge is -2.13. The lowest BCUT2D eigenvalue weighted by Crippen LogP contribution is -2.31. The van der Waals surface area contributed by atoms with E-state index in [9.17, 15) is 9.59 Å². The van der Waals surface area contributed by atoms with Crippen LogP contribution in [0.2, 0.25) is 0 Å². The van der Waals surface area contributed by atoms with Crippen molar-refractivity contribution in [1.82, 2.24) is 4.90 Å². The van der Waals surface area contributed by atoms with E-state index in [0.717, 1.165) is 11.3 Å². The zero-order valence-corrected chi connectivity index (χ0v) is 12.9. The Hall–Kier alpha value is -0.940. The highest BCUT2D eigenvalue weighted by Gasteiger charge is 2.34. The van der Waals surface area contributed by atoms with Gasteiger partial charge in [-0.1, -0.05) is 47.1 Å². The standard InChI is InChI=1S/C14H17NO2S2/c1-9(2)19-18-7-6-15-13(16)11-5-4-10(3)8-12(11)14(15)17/h4-5,8-9H,6-7H2,1-3H3. The van der Waals surface area contributed by atoms with Crippen LogP contribution in [0, 0.1) is 6.92 Å². The van der Waals surface area contributed by atoms with E-state index in [1.54, 1.807) is 33.7 Å². The van der Waals surface area contributed by atoms with Gasteiger partial charge in [-0.2, -0.15) is 0 Å². The van der Waals surface area contributed by atoms with E-state index in [-0.39, 0.29) is 11.8 Å². The van der Waals surface area contributed by atoms with Crippen LogP contribution in [0.4, 0.5) is 0 Å². The Morgan fingerprint density at radius 3 is 2.53 bits per heavy atom. The predicted octanol–water partition coefficient (Wildman–Crippen LogP) is 3.38. The van der Waals surface area contributed by atoms with Gasteiger partial charge in [0, 0.05) is 17.5 Å². The van der Waals surface area contributed by atoms with E-state index in [0.29, 0.717) is 22.9 Å². The van der Waals surface area contributed by atoms with Gasteiger partial charge in [-0.05, 0) is 19.1 Å². The van der Waals surface area contributed by atoms with Crippen molar-refractivity contribution in [2.75, 3.05) is 12.3 Å². The van der Waals surface area contributed by atoms with Gasteiger partial charge in [0.15, 0.2) is 0 Å². The van der Waals surface area contributed by atoms with Crippen LogP contribution in [-0.4, -0.2) is 34.3 Å². The maximum absolute atomic E-state index is 12.2. The first-order chi connectivity index (χ1) is 9.00. The van der Waals surface area contributed by atoms with Crippen molar-refractivity contribution in [3.05, 3.63) is 34.9 Å². The monoisotopic (exact) mass is 295 g/mol. The second-order valence-electron chi connectivity index (χ2n) is 4.78. The molecular formula is C14H17NO2S2. The number of benzene rings is 1. The zero-order valence-electron chi connectivity index (χ0n) is 11.3. The first kappa shape index (κ1) is 14.5. The van der Waals surface area contributed by atoms with Gasteiger partial charge in [-0.25, -0.2) is 0 Å². The average molecular weight is 295 g/mol. The quantitative estimate of drug-likeness (QED) is 0.474. The lowest BCUT2D eigenvalue weighted by molar-refractivity contribution is 0.0664. The first-order valence-corrected chi connectivity index (χ1v) is 8.64. The summed E-state index contributed by atoms with van der Waals surface area (Å²) in [5.41, 5.74) is 2.09. The second kappa shape index (κ2) is 6.01. The van der Waals surface area contributed by atoms with E-state index in [2.05, 4.69) is 13.8 Å². The molecule has 5 heteroatoms. The van der Waals surface area contributed by atoms with Crippen molar-refractivity contribution in [2.24, 2.45) is 0 Å². The van der Waals surface area contributed by atoms with Crippen molar-refractivity contribution in [3.8, 4) is 0 Å². The van der Waals surface area contributed by atoms with Gasteiger partial charge < -0.3 is 0 Å². The molecule has 0 bridgehead atoms. The van der Waals surface area contributed by atoms with Gasteiger partial charge in [-0.15, -0.1) is 0 Å². The number of hydrogen-bond acceptors (Lipinski definition) is 4. The van der Waals surface area contributed by atoms with Crippen LogP contribution >= 0.6 is 21.6 Å². The molecule has 3 nitrogen and oxygen atoms in total. The van der Waals surface area contributed by atoms with Gasteiger partial charge in [0.05, 0.1) is 11.1 Å². The summed E-state index contributed by atoms with van der Waals surface area (Å²) >= 11 is 0. The molecule has 102 valence electrons. The average Bonchev–Trinajstić information content (AvgIpc) is 2.58. The molecule has 0 atom stereocenters. The van der Waals surface area contributed by atoms with E-state index in [1.807, 2.05) is 13.0 Å². The summed E-state index contributed by atoms with van der Waals surface area (Å²) in [4.78, 5) is 25.7. The van der Waals surface area contributed by atoms with Crippen LogP contribution in [0.1, 0.15) is 40.1 Å². The molecule has 1 aliphatic rings. The highest BCUT2D eigenvalue weighted by atomic mass is 33.1. The molecule has 0 N–H and O–H groups in total. The van der Waals surface area contributed by atoms with Crippen molar-refractivity contribution >= 4 is 33.4 Å². The molecule has 1 aromatic rings. The Balaban J connectivity index is 2.02. The van der Waals surface area contributed by atoms with E-state index < -0.39 is 0 Å². The maximum Gasteiger partial charge on any atom is 0.261 e. The van der Waals surface area contributed by atoms with E-state index in [4.69, 9.17) is 0 Å². The molecule has 2 amide bonds. The fraction of sp³-hybridized carbons (Fsp3) is 0.429. The first-order valence-electron chi connectivity index (χ1n) is 6.26. The van der Waals surface area contributed by atoms with Gasteiger partial charge in [0.2, 0.25) is 0 Å². The lowest BCUT2D eigenvalue weighted by atomic mass is 10.1. The second-order valence-corrected chi connectivity index (χ2v) is 7.84. The Bertz CT molecular complexity index is 514. The van der Waals surface area contributed by atoms with Crippen molar-refractivity contribution in [2.45, 2.75) is 26.0 Å². The molecule has 0 radical (unpaired) electrons. The van der Waals surface area contributed by atoms with Crippen molar-refractivity contribution < 1.29 is 9.59 Å². The summed E-state index contributed by atoms with van der Waals surface area (Å²) in [5.74, 6) is 0.460. The number of carbonyl (C=O) groups is 2. The number of rotatable bonds is 5. The molecule has 1 heterocycles. The van der Waals surface area contributed by atoms with E-state index in [1.165, 1.54) is 4.90 Å². The molecule has 19 heavy (non-hydrogen) atoms. The van der Waals surface area contributed by atoms with Gasteiger partial charge in [0.25, 0.3) is 11.8 Å². The molecule has 2 rings (SSSR count). The Labute approximate surface area is 121 Å². The zero-order chi connectivity index (χ0) is 14.0. The summed E-state index contributed by atoms with van der Waals surface area (Å²) in [6.07, 6.45) is 0. The number of carbonyl (C=O) groups excluding carboxylic acids is 2. The number of nitrogens with zero attached hydrogens (tertiary/aromatic N) is 1. The highest BCUT2D eigenvalue weighted by Crippen LogP contribution is 2.28. The van der Waals surface area contributed by atoms with E-state index >= 15 is 0 Å². The number of fused-ring (bicyclic) bond motifs is 1. The molecule has 0 aromatic heterocycles. The van der Waals surface area contributed by atoms with Crippen molar-refractivity contribution in [1.29, 1.82) is 0 Å². The Kier molecular flexibility index (Phi) is 4.58. The summed E-state index contributed by atoms with van der Waals surface area (Å²) in [6, 6.07) is 5.42. The number of hydrogen-bond donors (Lipinski definition) is 0. The number of imide groups is 1. The van der Waals surface area contributed by atoms with Crippen LogP contribution in [0.25, 0.3) is 0 Å². The molecule has 0 unspecified atom stereocenters. The third-order valence-corrected chi connectivity index (χ3v) is 5.72. The molecule has 0 spiro atoms. The SMILES string of the molecule is Cc1ccc2c(c1)C(=O)N(CCSSC(C)C)C2=O. The highest BCUT2D eigenvalue weighted by molar-refractivity contribution is 8.76. The molecule has 0 saturated carbocycles. The van der Waals surface area contributed by atoms with Crippen molar-refractivity contribution in [3.63, 3.8) is 0 Å². The van der Waals surface area contributed by atoms with Crippen LogP contribution in [-0.2, 0) is 0 Å². The van der Waals surface area contributed by atoms with Crippen LogP contribution in [0.15, 0.2) is 18.2 Å². The molecule has 0 aliphatic carbocycles. The minimum atomic E-state index is -0.157. The van der Waals surface area contributed by atoms with Gasteiger partial charge in [0.1, 0.15) is 0 Å².